The molecule has 0 aromatic rings. The molecule has 0 heterocycles. The number of rotatable bonds is 0. The van der Waals surface area contributed by atoms with E-state index in [1.807, 2.05) is 0 Å². The Morgan fingerprint density at radius 2 is 1.00 bits per heavy atom. The van der Waals surface area contributed by atoms with Crippen molar-refractivity contribution < 1.29 is 22.4 Å². The number of hydrogen-bond donors (Lipinski definition) is 0. The Morgan fingerprint density at radius 3 is 1.00 bits per heavy atom. The van der Waals surface area contributed by atoms with E-state index in [9.17, 15) is 22.4 Å². The lowest BCUT2D eigenvalue weighted by atomic mass is 10.6. The third-order valence-electron chi connectivity index (χ3n) is 0.143. The van der Waals surface area contributed by atoms with Crippen LogP contribution in [0.15, 0.2) is 25.3 Å². The van der Waals surface area contributed by atoms with Crippen LogP contribution >= 0.6 is 0 Å². The van der Waals surface area contributed by atoms with E-state index in [0.29, 0.717) is 0 Å². The summed E-state index contributed by atoms with van der Waals surface area (Å²) in [7, 11) is 0. The van der Waals surface area contributed by atoms with Gasteiger partial charge in [-0.25, -0.2) is 0 Å². The van der Waals surface area contributed by atoms with Crippen LogP contribution in [0.3, 0.4) is 0 Å². The zero-order valence-electron chi connectivity index (χ0n) is 6.83. The molecule has 0 aliphatic heterocycles. The van der Waals surface area contributed by atoms with Crippen molar-refractivity contribution in [2.75, 3.05) is 0 Å². The number of carbonyl (C=O) groups is 1. The summed E-state index contributed by atoms with van der Waals surface area (Å²) in [6.07, 6.45) is -5.81. The first-order valence-electron chi connectivity index (χ1n) is 2.71. The Kier molecular flexibility index (Phi) is 17.9. The van der Waals surface area contributed by atoms with E-state index < -0.39 is 12.2 Å². The number of Topliss-reactive ketones (excluding diaryl/α,β-unsaturated/α-hetero) is 1. The molecule has 0 rings (SSSR count). The average molecular weight is 186 g/mol. The summed E-state index contributed by atoms with van der Waals surface area (Å²) >= 11 is 0. The number of carbonyl (C=O) groups excluding carboxylic acids is 1. The summed E-state index contributed by atoms with van der Waals surface area (Å²) in [6.45, 7) is 9.06. The van der Waals surface area contributed by atoms with Crippen molar-refractivity contribution in [2.24, 2.45) is 0 Å². The van der Waals surface area contributed by atoms with Crippen LogP contribution in [0.5, 0.6) is 0 Å². The van der Waals surface area contributed by atoms with Crippen LogP contribution in [0.4, 0.5) is 17.6 Å². The molecule has 5 heteroatoms. The summed E-state index contributed by atoms with van der Waals surface area (Å²) in [5, 5.41) is 0. The molecule has 1 nitrogen and oxygen atoms in total. The monoisotopic (exact) mass is 186 g/mol. The Hall–Kier alpha value is -1.13. The second kappa shape index (κ2) is 12.5. The lowest BCUT2D eigenvalue weighted by Crippen LogP contribution is -1.69. The fourth-order valence-electron chi connectivity index (χ4n) is 0. The van der Waals surface area contributed by atoms with E-state index in [4.69, 9.17) is 0 Å². The van der Waals surface area contributed by atoms with E-state index in [0.717, 1.165) is 0 Å². The van der Waals surface area contributed by atoms with Crippen molar-refractivity contribution >= 4 is 5.78 Å². The van der Waals surface area contributed by atoms with Gasteiger partial charge in [0.15, 0.2) is 0 Å². The molecule has 0 N–H and O–H groups in total. The molecule has 0 fully saturated rings. The standard InChI is InChI=1S/C3H6O.C2F4.C2H4/c1-3(2)4;3-1(4)2(5)6;1-2/h1-2H3;;1-2H2. The molecule has 0 radical (unpaired) electrons. The fraction of sp³-hybridized carbons (Fsp3) is 0.286. The van der Waals surface area contributed by atoms with Gasteiger partial charge in [0, 0.05) is 0 Å². The van der Waals surface area contributed by atoms with Gasteiger partial charge in [-0.2, -0.15) is 17.6 Å². The molecule has 0 saturated carbocycles. The van der Waals surface area contributed by atoms with Crippen molar-refractivity contribution in [2.45, 2.75) is 13.8 Å². The maximum atomic E-state index is 10.3. The third-order valence-corrected chi connectivity index (χ3v) is 0.143. The molecule has 12 heavy (non-hydrogen) atoms. The van der Waals surface area contributed by atoms with Crippen LogP contribution < -0.4 is 0 Å². The van der Waals surface area contributed by atoms with Gasteiger partial charge < -0.3 is 4.79 Å². The van der Waals surface area contributed by atoms with Crippen LogP contribution in [0.25, 0.3) is 0 Å². The number of hydrogen-bond acceptors (Lipinski definition) is 1. The van der Waals surface area contributed by atoms with E-state index >= 15 is 0 Å². The predicted octanol–water partition coefficient (Wildman–Crippen LogP) is 3.39. The van der Waals surface area contributed by atoms with Gasteiger partial charge in [0.25, 0.3) is 0 Å². The van der Waals surface area contributed by atoms with Gasteiger partial charge in [-0.1, -0.05) is 0 Å². The SMILES string of the molecule is C=C.CC(C)=O.FC(F)=C(F)F. The Balaban J connectivity index is -0.000000118. The minimum atomic E-state index is -2.91. The molecule has 0 aliphatic rings. The fourth-order valence-corrected chi connectivity index (χ4v) is 0. The highest BCUT2D eigenvalue weighted by Gasteiger charge is 1.98. The van der Waals surface area contributed by atoms with Crippen LogP contribution in [0, 0.1) is 0 Å². The first kappa shape index (κ1) is 17.1. The highest BCUT2D eigenvalue weighted by molar-refractivity contribution is 5.72. The molecule has 0 aromatic heterocycles. The minimum Gasteiger partial charge on any atom is -0.300 e. The predicted molar refractivity (Wildman–Crippen MR) is 39.1 cm³/mol. The minimum absolute atomic E-state index is 0.167. The highest BCUT2D eigenvalue weighted by Crippen LogP contribution is 2.08. The maximum Gasteiger partial charge on any atom is 0.334 e. The number of halogens is 4. The molecule has 0 amide bonds. The van der Waals surface area contributed by atoms with E-state index in [1.54, 1.807) is 0 Å². The van der Waals surface area contributed by atoms with Crippen LogP contribution in [0.2, 0.25) is 0 Å². The summed E-state index contributed by atoms with van der Waals surface area (Å²) in [5.41, 5.74) is 0. The van der Waals surface area contributed by atoms with Gasteiger partial charge >= 0.3 is 12.2 Å². The van der Waals surface area contributed by atoms with E-state index in [2.05, 4.69) is 13.2 Å². The van der Waals surface area contributed by atoms with Gasteiger partial charge in [-0.15, -0.1) is 13.2 Å². The lowest BCUT2D eigenvalue weighted by molar-refractivity contribution is -0.114. The Morgan fingerprint density at radius 1 is 0.917 bits per heavy atom. The zero-order valence-corrected chi connectivity index (χ0v) is 6.83. The normalized spacial score (nSPS) is 6.50. The molecule has 0 aliphatic carbocycles. The van der Waals surface area contributed by atoms with Gasteiger partial charge in [-0.05, 0) is 13.8 Å². The maximum absolute atomic E-state index is 10.3. The third kappa shape index (κ3) is 66.7. The summed E-state index contributed by atoms with van der Waals surface area (Å²) in [4.78, 5) is 9.44. The molecule has 0 bridgehead atoms. The first-order valence-corrected chi connectivity index (χ1v) is 2.71. The second-order valence-corrected chi connectivity index (χ2v) is 1.43. The van der Waals surface area contributed by atoms with Crippen molar-refractivity contribution in [1.29, 1.82) is 0 Å². The number of ketones is 1. The van der Waals surface area contributed by atoms with Crippen LogP contribution in [-0.2, 0) is 4.79 Å². The molecule has 0 unspecified atom stereocenters. The average Bonchev–Trinajstić information content (AvgIpc) is 1.90. The smallest absolute Gasteiger partial charge is 0.300 e. The van der Waals surface area contributed by atoms with Crippen molar-refractivity contribution in [3.05, 3.63) is 25.3 Å². The van der Waals surface area contributed by atoms with Gasteiger partial charge in [0.2, 0.25) is 0 Å². The molecule has 0 spiro atoms. The van der Waals surface area contributed by atoms with Crippen LogP contribution in [0.1, 0.15) is 13.8 Å². The van der Waals surface area contributed by atoms with Gasteiger partial charge in [-0.3, -0.25) is 0 Å². The van der Waals surface area contributed by atoms with Crippen LogP contribution in [-0.4, -0.2) is 5.78 Å². The van der Waals surface area contributed by atoms with E-state index in [-0.39, 0.29) is 5.78 Å². The molecule has 72 valence electrons. The van der Waals surface area contributed by atoms with Crippen molar-refractivity contribution in [3.63, 3.8) is 0 Å². The molecule has 0 aromatic carbocycles. The first-order chi connectivity index (χ1) is 5.37. The lowest BCUT2D eigenvalue weighted by Gasteiger charge is -1.69. The molecule has 0 saturated heterocycles. The highest BCUT2D eigenvalue weighted by atomic mass is 19.3. The quantitative estimate of drug-likeness (QED) is 0.418. The largest absolute Gasteiger partial charge is 0.334 e. The van der Waals surface area contributed by atoms with Crippen molar-refractivity contribution in [1.82, 2.24) is 0 Å². The summed E-state index contributed by atoms with van der Waals surface area (Å²) in [6, 6.07) is 0. The van der Waals surface area contributed by atoms with Gasteiger partial charge in [0.1, 0.15) is 5.78 Å². The topological polar surface area (TPSA) is 17.1 Å². The molecular formula is C7H10F4O. The summed E-state index contributed by atoms with van der Waals surface area (Å²) < 4.78 is 41.1. The second-order valence-electron chi connectivity index (χ2n) is 1.43. The van der Waals surface area contributed by atoms with Gasteiger partial charge in [0.05, 0.1) is 0 Å². The summed E-state index contributed by atoms with van der Waals surface area (Å²) in [5.74, 6) is 0.167. The Bertz CT molecular complexity index is 131. The molecule has 0 atom stereocenters. The zero-order chi connectivity index (χ0) is 10.7. The Labute approximate surface area is 68.4 Å². The molecular weight excluding hydrogens is 176 g/mol. The van der Waals surface area contributed by atoms with Crippen molar-refractivity contribution in [3.8, 4) is 0 Å². The van der Waals surface area contributed by atoms with E-state index in [1.165, 1.54) is 13.8 Å².